The fourth-order valence-electron chi connectivity index (χ4n) is 2.43. The van der Waals surface area contributed by atoms with Gasteiger partial charge in [0.25, 0.3) is 5.91 Å². The molecule has 0 atom stereocenters. The van der Waals surface area contributed by atoms with E-state index in [1.165, 1.54) is 0 Å². The van der Waals surface area contributed by atoms with Crippen molar-refractivity contribution in [3.05, 3.63) is 60.4 Å². The van der Waals surface area contributed by atoms with Crippen molar-refractivity contribution in [2.45, 2.75) is 19.9 Å². The predicted molar refractivity (Wildman–Crippen MR) is 84.5 cm³/mol. The summed E-state index contributed by atoms with van der Waals surface area (Å²) in [4.78, 5) is 16.6. The summed E-state index contributed by atoms with van der Waals surface area (Å²) in [6.45, 7) is 4.21. The molecule has 0 bridgehead atoms. The zero-order valence-electron chi connectivity index (χ0n) is 12.1. The van der Waals surface area contributed by atoms with Crippen molar-refractivity contribution >= 4 is 22.6 Å². The molecule has 1 aromatic carbocycles. The van der Waals surface area contributed by atoms with E-state index in [0.29, 0.717) is 17.4 Å². The maximum absolute atomic E-state index is 12.5. The first-order chi connectivity index (χ1) is 10.2. The van der Waals surface area contributed by atoms with Crippen LogP contribution in [0.2, 0.25) is 0 Å². The average Bonchev–Trinajstić information content (AvgIpc) is 2.88. The first kappa shape index (κ1) is 13.4. The third-order valence-electron chi connectivity index (χ3n) is 3.45. The Morgan fingerprint density at radius 1 is 1.14 bits per heavy atom. The molecule has 4 nitrogen and oxygen atoms in total. The van der Waals surface area contributed by atoms with Crippen molar-refractivity contribution in [1.29, 1.82) is 0 Å². The maximum Gasteiger partial charge on any atom is 0.258 e. The Morgan fingerprint density at radius 2 is 1.90 bits per heavy atom. The number of aromatic nitrogens is 2. The van der Waals surface area contributed by atoms with E-state index >= 15 is 0 Å². The fraction of sp³-hybridized carbons (Fsp3) is 0.176. The normalized spacial score (nSPS) is 11.0. The topological polar surface area (TPSA) is 46.9 Å². The summed E-state index contributed by atoms with van der Waals surface area (Å²) in [5, 5.41) is 3.80. The van der Waals surface area contributed by atoms with Crippen LogP contribution in [0.5, 0.6) is 0 Å². The minimum Gasteiger partial charge on any atom is -0.344 e. The lowest BCUT2D eigenvalue weighted by atomic mass is 10.1. The van der Waals surface area contributed by atoms with Crippen LogP contribution in [-0.4, -0.2) is 15.5 Å². The van der Waals surface area contributed by atoms with Crippen LogP contribution in [0, 0.1) is 0 Å². The van der Waals surface area contributed by atoms with Crippen LogP contribution in [0.3, 0.4) is 0 Å². The van der Waals surface area contributed by atoms with Gasteiger partial charge >= 0.3 is 0 Å². The Kier molecular flexibility index (Phi) is 3.44. The lowest BCUT2D eigenvalue weighted by Crippen LogP contribution is -2.12. The molecule has 106 valence electrons. The number of amides is 1. The molecule has 2 aromatic heterocycles. The lowest BCUT2D eigenvalue weighted by Gasteiger charge is -2.08. The number of benzene rings is 1. The van der Waals surface area contributed by atoms with Gasteiger partial charge in [-0.1, -0.05) is 24.3 Å². The van der Waals surface area contributed by atoms with Gasteiger partial charge in [-0.2, -0.15) is 0 Å². The van der Waals surface area contributed by atoms with Gasteiger partial charge in [-0.3, -0.25) is 4.79 Å². The Labute approximate surface area is 123 Å². The average molecular weight is 279 g/mol. The number of para-hydroxylation sites is 1. The number of hydrogen-bond acceptors (Lipinski definition) is 2. The van der Waals surface area contributed by atoms with Crippen LogP contribution >= 0.6 is 0 Å². The quantitative estimate of drug-likeness (QED) is 0.791. The monoisotopic (exact) mass is 279 g/mol. The second-order valence-corrected chi connectivity index (χ2v) is 5.23. The minimum atomic E-state index is -0.135. The fourth-order valence-corrected chi connectivity index (χ4v) is 2.43. The van der Waals surface area contributed by atoms with E-state index < -0.39 is 0 Å². The standard InChI is InChI=1S/C17H17N3O/c1-12(2)20-11-14(13-7-3-4-8-15(13)20)17(21)19-16-9-5-6-10-18-16/h3-12H,1-2H3,(H,18,19,21). The highest BCUT2D eigenvalue weighted by Gasteiger charge is 2.16. The molecule has 0 saturated heterocycles. The molecule has 21 heavy (non-hydrogen) atoms. The zero-order chi connectivity index (χ0) is 14.8. The summed E-state index contributed by atoms with van der Waals surface area (Å²) in [5.41, 5.74) is 1.74. The van der Waals surface area contributed by atoms with Gasteiger partial charge in [-0.15, -0.1) is 0 Å². The number of rotatable bonds is 3. The van der Waals surface area contributed by atoms with E-state index in [4.69, 9.17) is 0 Å². The van der Waals surface area contributed by atoms with Crippen molar-refractivity contribution in [2.24, 2.45) is 0 Å². The number of carbonyl (C=O) groups is 1. The highest BCUT2D eigenvalue weighted by molar-refractivity contribution is 6.12. The smallest absolute Gasteiger partial charge is 0.258 e. The number of pyridine rings is 1. The molecule has 3 rings (SSSR count). The van der Waals surface area contributed by atoms with E-state index in [1.807, 2.05) is 42.6 Å². The number of nitrogens with one attached hydrogen (secondary N) is 1. The highest BCUT2D eigenvalue weighted by Crippen LogP contribution is 2.25. The minimum absolute atomic E-state index is 0.135. The third-order valence-corrected chi connectivity index (χ3v) is 3.45. The van der Waals surface area contributed by atoms with Crippen LogP contribution in [0.1, 0.15) is 30.2 Å². The van der Waals surface area contributed by atoms with Crippen LogP contribution in [0.15, 0.2) is 54.9 Å². The van der Waals surface area contributed by atoms with Gasteiger partial charge in [0.1, 0.15) is 5.82 Å². The summed E-state index contributed by atoms with van der Waals surface area (Å²) in [6, 6.07) is 13.7. The van der Waals surface area contributed by atoms with Gasteiger partial charge in [-0.05, 0) is 32.0 Å². The summed E-state index contributed by atoms with van der Waals surface area (Å²) in [7, 11) is 0. The van der Waals surface area contributed by atoms with Gasteiger partial charge in [0.2, 0.25) is 0 Å². The molecule has 0 unspecified atom stereocenters. The molecule has 1 N–H and O–H groups in total. The van der Waals surface area contributed by atoms with Gasteiger partial charge in [-0.25, -0.2) is 4.98 Å². The summed E-state index contributed by atoms with van der Waals surface area (Å²) < 4.78 is 2.11. The second kappa shape index (κ2) is 5.40. The predicted octanol–water partition coefficient (Wildman–Crippen LogP) is 3.87. The number of nitrogens with zero attached hydrogens (tertiary/aromatic N) is 2. The molecular weight excluding hydrogens is 262 g/mol. The van der Waals surface area contributed by atoms with Crippen LogP contribution in [0.4, 0.5) is 5.82 Å². The molecule has 0 aliphatic rings. The number of fused-ring (bicyclic) bond motifs is 1. The van der Waals surface area contributed by atoms with E-state index in [9.17, 15) is 4.79 Å². The third kappa shape index (κ3) is 2.52. The highest BCUT2D eigenvalue weighted by atomic mass is 16.1. The van der Waals surface area contributed by atoms with E-state index in [1.54, 1.807) is 12.3 Å². The molecule has 0 aliphatic heterocycles. The van der Waals surface area contributed by atoms with Crippen molar-refractivity contribution in [3.8, 4) is 0 Å². The van der Waals surface area contributed by atoms with Gasteiger partial charge in [0, 0.05) is 29.3 Å². The molecule has 0 saturated carbocycles. The largest absolute Gasteiger partial charge is 0.344 e. The van der Waals surface area contributed by atoms with Crippen molar-refractivity contribution in [1.82, 2.24) is 9.55 Å². The Hall–Kier alpha value is -2.62. The van der Waals surface area contributed by atoms with E-state index in [0.717, 1.165) is 10.9 Å². The number of anilines is 1. The Balaban J connectivity index is 2.02. The van der Waals surface area contributed by atoms with Gasteiger partial charge in [0.05, 0.1) is 5.56 Å². The number of carbonyl (C=O) groups excluding carboxylic acids is 1. The molecule has 1 amide bonds. The molecule has 0 radical (unpaired) electrons. The van der Waals surface area contributed by atoms with Crippen molar-refractivity contribution in [2.75, 3.05) is 5.32 Å². The van der Waals surface area contributed by atoms with Crippen LogP contribution in [0.25, 0.3) is 10.9 Å². The van der Waals surface area contributed by atoms with Crippen LogP contribution in [-0.2, 0) is 0 Å². The molecule has 3 aromatic rings. The molecule has 0 aliphatic carbocycles. The van der Waals surface area contributed by atoms with Crippen molar-refractivity contribution in [3.63, 3.8) is 0 Å². The summed E-state index contributed by atoms with van der Waals surface area (Å²) in [6.07, 6.45) is 3.57. The molecule has 0 spiro atoms. The molecule has 0 fully saturated rings. The first-order valence-electron chi connectivity index (χ1n) is 6.99. The van der Waals surface area contributed by atoms with Crippen LogP contribution < -0.4 is 5.32 Å². The maximum atomic E-state index is 12.5. The van der Waals surface area contributed by atoms with Gasteiger partial charge in [0.15, 0.2) is 0 Å². The van der Waals surface area contributed by atoms with E-state index in [2.05, 4.69) is 28.7 Å². The Bertz CT molecular complexity index is 775. The molecular formula is C17H17N3O. The lowest BCUT2D eigenvalue weighted by molar-refractivity contribution is 0.102. The summed E-state index contributed by atoms with van der Waals surface area (Å²) in [5.74, 6) is 0.424. The molecule has 2 heterocycles. The second-order valence-electron chi connectivity index (χ2n) is 5.23. The Morgan fingerprint density at radius 3 is 2.62 bits per heavy atom. The molecule has 4 heteroatoms. The zero-order valence-corrected chi connectivity index (χ0v) is 12.1. The summed E-state index contributed by atoms with van der Waals surface area (Å²) >= 11 is 0. The van der Waals surface area contributed by atoms with Gasteiger partial charge < -0.3 is 9.88 Å². The van der Waals surface area contributed by atoms with Crippen molar-refractivity contribution < 1.29 is 4.79 Å². The first-order valence-corrected chi connectivity index (χ1v) is 6.99. The van der Waals surface area contributed by atoms with E-state index in [-0.39, 0.29) is 5.91 Å². The SMILES string of the molecule is CC(C)n1cc(C(=O)Nc2ccccn2)c2ccccc21. The number of hydrogen-bond donors (Lipinski definition) is 1.